The summed E-state index contributed by atoms with van der Waals surface area (Å²) in [6, 6.07) is 62.7. The molecule has 0 aliphatic carbocycles. The van der Waals surface area contributed by atoms with Crippen LogP contribution >= 0.6 is 0 Å². The Morgan fingerprint density at radius 1 is 0.348 bits per heavy atom. The van der Waals surface area contributed by atoms with Crippen LogP contribution in [0.3, 0.4) is 0 Å². The molecule has 1 heterocycles. The van der Waals surface area contributed by atoms with Gasteiger partial charge in [0.15, 0.2) is 0 Å². The average molecular weight is 588 g/mol. The van der Waals surface area contributed by atoms with Crippen LogP contribution in [0.2, 0.25) is 0 Å². The van der Waals surface area contributed by atoms with Crippen molar-refractivity contribution in [3.8, 4) is 22.3 Å². The van der Waals surface area contributed by atoms with E-state index in [1.807, 2.05) is 12.1 Å². The van der Waals surface area contributed by atoms with Gasteiger partial charge in [-0.25, -0.2) is 0 Å². The van der Waals surface area contributed by atoms with Crippen molar-refractivity contribution in [3.05, 3.63) is 176 Å². The van der Waals surface area contributed by atoms with Gasteiger partial charge in [-0.1, -0.05) is 140 Å². The first-order chi connectivity index (χ1) is 22.8. The van der Waals surface area contributed by atoms with Crippen molar-refractivity contribution in [2.24, 2.45) is 0 Å². The summed E-state index contributed by atoms with van der Waals surface area (Å²) in [5, 5.41) is 7.22. The van der Waals surface area contributed by atoms with Crippen molar-refractivity contribution in [2.75, 3.05) is 4.90 Å². The van der Waals surface area contributed by atoms with E-state index in [9.17, 15) is 0 Å². The quantitative estimate of drug-likeness (QED) is 0.199. The number of hydrogen-bond donors (Lipinski definition) is 0. The fourth-order valence-corrected chi connectivity index (χ4v) is 6.86. The fraction of sp³-hybridized carbons (Fsp3) is 0. The fourth-order valence-electron chi connectivity index (χ4n) is 6.86. The summed E-state index contributed by atoms with van der Waals surface area (Å²) in [4.78, 5) is 2.36. The van der Waals surface area contributed by atoms with E-state index in [0.717, 1.165) is 50.1 Å². The van der Waals surface area contributed by atoms with Gasteiger partial charge >= 0.3 is 0 Å². The van der Waals surface area contributed by atoms with E-state index in [1.165, 1.54) is 32.7 Å². The molecule has 9 aromatic rings. The van der Waals surface area contributed by atoms with Crippen molar-refractivity contribution in [3.63, 3.8) is 0 Å². The molecule has 0 unspecified atom stereocenters. The maximum Gasteiger partial charge on any atom is 0.143 e. The number of furan rings is 1. The highest BCUT2D eigenvalue weighted by Crippen LogP contribution is 2.42. The number of hydrogen-bond acceptors (Lipinski definition) is 2. The third-order valence-corrected chi connectivity index (χ3v) is 9.07. The summed E-state index contributed by atoms with van der Waals surface area (Å²) in [6.45, 7) is 0. The number of fused-ring (bicyclic) bond motifs is 5. The molecule has 8 aromatic carbocycles. The highest BCUT2D eigenvalue weighted by atomic mass is 16.3. The van der Waals surface area contributed by atoms with E-state index in [1.54, 1.807) is 0 Å². The highest BCUT2D eigenvalue weighted by Gasteiger charge is 2.17. The van der Waals surface area contributed by atoms with Gasteiger partial charge in [-0.15, -0.1) is 0 Å². The smallest absolute Gasteiger partial charge is 0.143 e. The van der Waals surface area contributed by atoms with Crippen LogP contribution in [-0.4, -0.2) is 0 Å². The maximum absolute atomic E-state index is 6.37. The Labute approximate surface area is 267 Å². The third-order valence-electron chi connectivity index (χ3n) is 9.07. The van der Waals surface area contributed by atoms with Gasteiger partial charge in [-0.2, -0.15) is 0 Å². The summed E-state index contributed by atoms with van der Waals surface area (Å²) in [7, 11) is 0. The van der Waals surface area contributed by atoms with E-state index >= 15 is 0 Å². The molecule has 2 heteroatoms. The Balaban J connectivity index is 1.17. The Morgan fingerprint density at radius 2 is 0.848 bits per heavy atom. The van der Waals surface area contributed by atoms with Crippen LogP contribution in [0.15, 0.2) is 180 Å². The van der Waals surface area contributed by atoms with E-state index in [0.29, 0.717) is 0 Å². The monoisotopic (exact) mass is 587 g/mol. The van der Waals surface area contributed by atoms with Crippen molar-refractivity contribution >= 4 is 60.5 Å². The Hall–Kier alpha value is -6.12. The molecule has 216 valence electrons. The lowest BCUT2D eigenvalue weighted by Crippen LogP contribution is -2.10. The molecule has 1 aromatic heterocycles. The zero-order valence-corrected chi connectivity index (χ0v) is 25.1. The molecular formula is C44H29NO. The number of benzene rings is 8. The molecule has 0 spiro atoms. The zero-order chi connectivity index (χ0) is 30.5. The topological polar surface area (TPSA) is 16.4 Å². The minimum atomic E-state index is 0.913. The van der Waals surface area contributed by atoms with Crippen LogP contribution in [-0.2, 0) is 0 Å². The minimum absolute atomic E-state index is 0.913. The second-order valence-corrected chi connectivity index (χ2v) is 11.7. The molecule has 0 N–H and O–H groups in total. The van der Waals surface area contributed by atoms with Crippen LogP contribution < -0.4 is 4.90 Å². The Morgan fingerprint density at radius 3 is 1.59 bits per heavy atom. The number of anilines is 3. The molecule has 0 aliphatic heterocycles. The van der Waals surface area contributed by atoms with Crippen molar-refractivity contribution < 1.29 is 4.42 Å². The van der Waals surface area contributed by atoms with Gasteiger partial charge in [-0.3, -0.25) is 0 Å². The minimum Gasteiger partial charge on any atom is -0.455 e. The van der Waals surface area contributed by atoms with Crippen LogP contribution in [0.4, 0.5) is 17.1 Å². The van der Waals surface area contributed by atoms with E-state index in [4.69, 9.17) is 4.42 Å². The van der Waals surface area contributed by atoms with Gasteiger partial charge in [0.2, 0.25) is 0 Å². The maximum atomic E-state index is 6.37. The number of para-hydroxylation sites is 2. The van der Waals surface area contributed by atoms with Gasteiger partial charge in [0, 0.05) is 33.1 Å². The number of nitrogens with zero attached hydrogens (tertiary/aromatic N) is 1. The van der Waals surface area contributed by atoms with Crippen LogP contribution in [0.25, 0.3) is 65.7 Å². The van der Waals surface area contributed by atoms with Crippen molar-refractivity contribution in [1.82, 2.24) is 0 Å². The number of rotatable bonds is 5. The largest absolute Gasteiger partial charge is 0.455 e. The first-order valence-corrected chi connectivity index (χ1v) is 15.7. The Kier molecular flexibility index (Phi) is 6.17. The van der Waals surface area contributed by atoms with Crippen molar-refractivity contribution in [2.45, 2.75) is 0 Å². The van der Waals surface area contributed by atoms with Gasteiger partial charge in [0.05, 0.1) is 5.69 Å². The molecule has 46 heavy (non-hydrogen) atoms. The molecule has 0 saturated heterocycles. The zero-order valence-electron chi connectivity index (χ0n) is 25.1. The van der Waals surface area contributed by atoms with Gasteiger partial charge < -0.3 is 9.32 Å². The highest BCUT2D eigenvalue weighted by molar-refractivity contribution is 6.09. The SMILES string of the molecule is c1ccc2c(-c3ccc(N(c4ccc(-c5cccc6c5oc5ccccc56)cc4)c4cccc5ccccc45)cc3)cccc2c1. The molecule has 0 amide bonds. The second kappa shape index (κ2) is 10.8. The molecule has 0 bridgehead atoms. The van der Waals surface area contributed by atoms with E-state index in [-0.39, 0.29) is 0 Å². The summed E-state index contributed by atoms with van der Waals surface area (Å²) in [5.41, 5.74) is 9.83. The van der Waals surface area contributed by atoms with E-state index < -0.39 is 0 Å². The standard InChI is InChI=1S/C44H29NO/c1-3-14-36-30(10-1)12-7-17-37(36)32-22-26-34(27-23-32)45(42-20-8-13-31-11-2-4-15-38(31)42)35-28-24-33(25-29-35)39-18-9-19-41-40-16-5-6-21-43(40)46-44(39)41/h1-29H. The molecule has 0 saturated carbocycles. The first-order valence-electron chi connectivity index (χ1n) is 15.7. The van der Waals surface area contributed by atoms with Gasteiger partial charge in [0.1, 0.15) is 11.2 Å². The van der Waals surface area contributed by atoms with Gasteiger partial charge in [-0.05, 0) is 69.2 Å². The van der Waals surface area contributed by atoms with Crippen LogP contribution in [0.5, 0.6) is 0 Å². The molecule has 9 rings (SSSR count). The third kappa shape index (κ3) is 4.35. The summed E-state index contributed by atoms with van der Waals surface area (Å²) in [6.07, 6.45) is 0. The summed E-state index contributed by atoms with van der Waals surface area (Å²) >= 11 is 0. The molecule has 0 fully saturated rings. The Bertz CT molecular complexity index is 2510. The van der Waals surface area contributed by atoms with Crippen LogP contribution in [0.1, 0.15) is 0 Å². The molecular weight excluding hydrogens is 558 g/mol. The van der Waals surface area contributed by atoms with E-state index in [2.05, 4.69) is 169 Å². The first kappa shape index (κ1) is 26.3. The summed E-state index contributed by atoms with van der Waals surface area (Å²) in [5.74, 6) is 0. The predicted octanol–water partition coefficient (Wildman–Crippen LogP) is 12.7. The lowest BCUT2D eigenvalue weighted by Gasteiger charge is -2.27. The van der Waals surface area contributed by atoms with Crippen molar-refractivity contribution in [1.29, 1.82) is 0 Å². The molecule has 2 nitrogen and oxygen atoms in total. The second-order valence-electron chi connectivity index (χ2n) is 11.7. The predicted molar refractivity (Wildman–Crippen MR) is 194 cm³/mol. The molecule has 0 atom stereocenters. The normalized spacial score (nSPS) is 11.5. The van der Waals surface area contributed by atoms with Crippen LogP contribution in [0, 0.1) is 0 Å². The lowest BCUT2D eigenvalue weighted by atomic mass is 9.98. The average Bonchev–Trinajstić information content (AvgIpc) is 3.51. The van der Waals surface area contributed by atoms with Gasteiger partial charge in [0.25, 0.3) is 0 Å². The molecule has 0 radical (unpaired) electrons. The lowest BCUT2D eigenvalue weighted by molar-refractivity contribution is 0.670. The summed E-state index contributed by atoms with van der Waals surface area (Å²) < 4.78 is 6.37. The molecule has 0 aliphatic rings.